The monoisotopic (exact) mass is 363 g/mol. The van der Waals surface area contributed by atoms with Crippen LogP contribution in [0.15, 0.2) is 30.0 Å². The van der Waals surface area contributed by atoms with Crippen LogP contribution in [-0.2, 0) is 13.5 Å². The summed E-state index contributed by atoms with van der Waals surface area (Å²) in [6, 6.07) is 0. The van der Waals surface area contributed by atoms with Crippen molar-refractivity contribution in [2.24, 2.45) is 12.0 Å². The van der Waals surface area contributed by atoms with E-state index < -0.39 is 0 Å². The Morgan fingerprint density at radius 3 is 2.89 bits per heavy atom. The Morgan fingerprint density at radius 2 is 2.33 bits per heavy atom. The molecular weight excluding hydrogens is 341 g/mol. The van der Waals surface area contributed by atoms with Gasteiger partial charge in [-0.25, -0.2) is 0 Å². The lowest BCUT2D eigenvalue weighted by molar-refractivity contribution is 0.766. The van der Waals surface area contributed by atoms with Crippen LogP contribution in [0.4, 0.5) is 0 Å². The molecule has 0 unspecified atom stereocenters. The van der Waals surface area contributed by atoms with Gasteiger partial charge in [-0.05, 0) is 18.9 Å². The van der Waals surface area contributed by atoms with Crippen LogP contribution in [0.5, 0.6) is 0 Å². The number of aromatic nitrogens is 2. The molecule has 0 fully saturated rings. The van der Waals surface area contributed by atoms with Crippen molar-refractivity contribution in [2.75, 3.05) is 19.6 Å². The third-order valence-corrected chi connectivity index (χ3v) is 2.19. The van der Waals surface area contributed by atoms with Crippen LogP contribution >= 0.6 is 24.0 Å². The highest BCUT2D eigenvalue weighted by atomic mass is 127. The molecule has 0 aliphatic rings. The van der Waals surface area contributed by atoms with Crippen molar-refractivity contribution in [1.82, 2.24) is 20.4 Å². The summed E-state index contributed by atoms with van der Waals surface area (Å²) in [5.41, 5.74) is 1.20. The van der Waals surface area contributed by atoms with Gasteiger partial charge in [0.25, 0.3) is 0 Å². The molecule has 0 spiro atoms. The zero-order chi connectivity index (χ0) is 12.5. The van der Waals surface area contributed by atoms with Gasteiger partial charge in [0, 0.05) is 32.9 Å². The molecule has 6 heteroatoms. The van der Waals surface area contributed by atoms with Gasteiger partial charge in [-0.3, -0.25) is 9.67 Å². The number of hydrogen-bond donors (Lipinski definition) is 2. The van der Waals surface area contributed by atoms with E-state index in [0.717, 1.165) is 32.0 Å². The second-order valence-electron chi connectivity index (χ2n) is 3.70. The predicted molar refractivity (Wildman–Crippen MR) is 86.5 cm³/mol. The second kappa shape index (κ2) is 9.93. The lowest BCUT2D eigenvalue weighted by Gasteiger charge is -2.08. The largest absolute Gasteiger partial charge is 0.357 e. The van der Waals surface area contributed by atoms with Crippen molar-refractivity contribution in [2.45, 2.75) is 13.3 Å². The molecule has 0 saturated heterocycles. The maximum atomic E-state index is 4.47. The zero-order valence-electron chi connectivity index (χ0n) is 11.0. The molecule has 0 radical (unpaired) electrons. The Balaban J connectivity index is 0.00000289. The van der Waals surface area contributed by atoms with E-state index in [2.05, 4.69) is 27.3 Å². The number of aryl methyl sites for hydroxylation is 1. The third kappa shape index (κ3) is 6.63. The van der Waals surface area contributed by atoms with Crippen molar-refractivity contribution in [3.8, 4) is 0 Å². The summed E-state index contributed by atoms with van der Waals surface area (Å²) in [6.07, 6.45) is 6.60. The first-order valence-corrected chi connectivity index (χ1v) is 5.87. The van der Waals surface area contributed by atoms with Gasteiger partial charge in [0.1, 0.15) is 0 Å². The Morgan fingerprint density at radius 1 is 1.56 bits per heavy atom. The van der Waals surface area contributed by atoms with E-state index in [4.69, 9.17) is 0 Å². The van der Waals surface area contributed by atoms with E-state index in [-0.39, 0.29) is 24.0 Å². The molecule has 5 nitrogen and oxygen atoms in total. The van der Waals surface area contributed by atoms with E-state index in [1.54, 1.807) is 4.68 Å². The molecule has 0 aliphatic carbocycles. The van der Waals surface area contributed by atoms with Crippen LogP contribution in [0.3, 0.4) is 0 Å². The summed E-state index contributed by atoms with van der Waals surface area (Å²) in [5, 5.41) is 10.5. The topological polar surface area (TPSA) is 54.2 Å². The molecule has 0 amide bonds. The quantitative estimate of drug-likeness (QED) is 0.347. The summed E-state index contributed by atoms with van der Waals surface area (Å²) in [5.74, 6) is 0.830. The SMILES string of the molecule is C=CCNC(=NCCc1cnn(C)c1)NCC.I. The first-order valence-electron chi connectivity index (χ1n) is 5.87. The Kier molecular flexibility index (Phi) is 9.35. The van der Waals surface area contributed by atoms with E-state index in [1.807, 2.05) is 32.4 Å². The Labute approximate surface area is 126 Å². The van der Waals surface area contributed by atoms with Crippen molar-refractivity contribution in [3.63, 3.8) is 0 Å². The van der Waals surface area contributed by atoms with Gasteiger partial charge in [0.15, 0.2) is 5.96 Å². The van der Waals surface area contributed by atoms with Crippen molar-refractivity contribution in [3.05, 3.63) is 30.6 Å². The van der Waals surface area contributed by atoms with Gasteiger partial charge < -0.3 is 10.6 Å². The normalized spacial score (nSPS) is 10.7. The summed E-state index contributed by atoms with van der Waals surface area (Å²) in [6.45, 7) is 8.04. The minimum atomic E-state index is 0. The highest BCUT2D eigenvalue weighted by Gasteiger charge is 1.97. The fourth-order valence-corrected chi connectivity index (χ4v) is 1.41. The number of aliphatic imine (C=N–C) groups is 1. The maximum Gasteiger partial charge on any atom is 0.191 e. The van der Waals surface area contributed by atoms with Gasteiger partial charge in [0.05, 0.1) is 6.20 Å². The van der Waals surface area contributed by atoms with Gasteiger partial charge in [-0.15, -0.1) is 30.6 Å². The van der Waals surface area contributed by atoms with E-state index in [9.17, 15) is 0 Å². The Bertz CT molecular complexity index is 372. The molecule has 0 aliphatic heterocycles. The number of guanidine groups is 1. The smallest absolute Gasteiger partial charge is 0.191 e. The minimum absolute atomic E-state index is 0. The summed E-state index contributed by atoms with van der Waals surface area (Å²) < 4.78 is 1.81. The lowest BCUT2D eigenvalue weighted by atomic mass is 10.3. The first-order chi connectivity index (χ1) is 8.26. The van der Waals surface area contributed by atoms with Crippen LogP contribution in [0.1, 0.15) is 12.5 Å². The van der Waals surface area contributed by atoms with E-state index in [1.165, 1.54) is 5.56 Å². The first kappa shape index (κ1) is 16.9. The predicted octanol–water partition coefficient (Wildman–Crippen LogP) is 1.32. The zero-order valence-corrected chi connectivity index (χ0v) is 13.3. The molecule has 0 atom stereocenters. The number of hydrogen-bond acceptors (Lipinski definition) is 2. The van der Waals surface area contributed by atoms with Gasteiger partial charge >= 0.3 is 0 Å². The van der Waals surface area contributed by atoms with Gasteiger partial charge in [0.2, 0.25) is 0 Å². The van der Waals surface area contributed by atoms with Crippen LogP contribution in [0.2, 0.25) is 0 Å². The minimum Gasteiger partial charge on any atom is -0.357 e. The average molecular weight is 363 g/mol. The second-order valence-corrected chi connectivity index (χ2v) is 3.70. The molecule has 0 saturated carbocycles. The van der Waals surface area contributed by atoms with Crippen LogP contribution in [0.25, 0.3) is 0 Å². The molecule has 1 aromatic heterocycles. The molecule has 1 aromatic rings. The highest BCUT2D eigenvalue weighted by molar-refractivity contribution is 14.0. The van der Waals surface area contributed by atoms with Crippen molar-refractivity contribution >= 4 is 29.9 Å². The number of nitrogens with zero attached hydrogens (tertiary/aromatic N) is 3. The average Bonchev–Trinajstić information content (AvgIpc) is 2.72. The van der Waals surface area contributed by atoms with Crippen molar-refractivity contribution < 1.29 is 0 Å². The van der Waals surface area contributed by atoms with E-state index in [0.29, 0.717) is 0 Å². The summed E-state index contributed by atoms with van der Waals surface area (Å²) >= 11 is 0. The fourth-order valence-electron chi connectivity index (χ4n) is 1.41. The summed E-state index contributed by atoms with van der Waals surface area (Å²) in [4.78, 5) is 4.47. The highest BCUT2D eigenvalue weighted by Crippen LogP contribution is 1.97. The standard InChI is InChI=1S/C12H21N5.HI/c1-4-7-14-12(13-5-2)15-8-6-11-9-16-17(3)10-11;/h4,9-10H,1,5-8H2,2-3H3,(H2,13,14,15);1H. The van der Waals surface area contributed by atoms with Crippen LogP contribution in [0, 0.1) is 0 Å². The lowest BCUT2D eigenvalue weighted by Crippen LogP contribution is -2.37. The number of halogens is 1. The summed E-state index contributed by atoms with van der Waals surface area (Å²) in [7, 11) is 1.92. The molecule has 18 heavy (non-hydrogen) atoms. The van der Waals surface area contributed by atoms with E-state index >= 15 is 0 Å². The fraction of sp³-hybridized carbons (Fsp3) is 0.500. The molecule has 0 bridgehead atoms. The number of rotatable bonds is 6. The van der Waals surface area contributed by atoms with Crippen molar-refractivity contribution in [1.29, 1.82) is 0 Å². The molecule has 102 valence electrons. The van der Waals surface area contributed by atoms with Gasteiger partial charge in [-0.1, -0.05) is 6.08 Å². The maximum absolute atomic E-state index is 4.47. The Hall–Kier alpha value is -1.05. The molecule has 0 aromatic carbocycles. The molecule has 1 heterocycles. The van der Waals surface area contributed by atoms with Crippen LogP contribution in [-0.4, -0.2) is 35.4 Å². The number of nitrogens with one attached hydrogen (secondary N) is 2. The molecular formula is C12H22IN5. The molecule has 1 rings (SSSR count). The molecule has 2 N–H and O–H groups in total. The third-order valence-electron chi connectivity index (χ3n) is 2.19. The van der Waals surface area contributed by atoms with Crippen LogP contribution < -0.4 is 10.6 Å². The van der Waals surface area contributed by atoms with Gasteiger partial charge in [-0.2, -0.15) is 5.10 Å².